The molecule has 4 rings (SSSR count). The Hall–Kier alpha value is -1.90. The van der Waals surface area contributed by atoms with Crippen LogP contribution >= 0.6 is 15.9 Å². The minimum absolute atomic E-state index is 0.104. The molecule has 0 unspecified atom stereocenters. The van der Waals surface area contributed by atoms with Crippen LogP contribution in [0.15, 0.2) is 51.8 Å². The van der Waals surface area contributed by atoms with E-state index in [9.17, 15) is 13.2 Å². The van der Waals surface area contributed by atoms with Crippen molar-refractivity contribution in [2.24, 2.45) is 5.92 Å². The molecule has 0 radical (unpaired) electrons. The Bertz CT molecular complexity index is 1020. The number of carbonyl (C=O) groups excluding carboxylic acids is 1. The Morgan fingerprint density at radius 3 is 2.41 bits per heavy atom. The maximum absolute atomic E-state index is 13.1. The lowest BCUT2D eigenvalue weighted by Crippen LogP contribution is -2.44. The average molecular weight is 479 g/mol. The van der Waals surface area contributed by atoms with Crippen LogP contribution in [0.5, 0.6) is 5.75 Å². The zero-order valence-corrected chi connectivity index (χ0v) is 18.6. The highest BCUT2D eigenvalue weighted by Crippen LogP contribution is 2.33. The summed E-state index contributed by atoms with van der Waals surface area (Å²) < 4.78 is 33.4. The molecule has 0 saturated carbocycles. The third-order valence-corrected chi connectivity index (χ3v) is 8.11. The van der Waals surface area contributed by atoms with Gasteiger partial charge in [-0.2, -0.15) is 4.31 Å². The second-order valence-electron chi connectivity index (χ2n) is 7.37. The first-order chi connectivity index (χ1) is 13.9. The van der Waals surface area contributed by atoms with E-state index in [4.69, 9.17) is 4.74 Å². The number of sulfonamides is 1. The summed E-state index contributed by atoms with van der Waals surface area (Å²) in [6.07, 6.45) is 1.93. The molecule has 154 valence electrons. The summed E-state index contributed by atoms with van der Waals surface area (Å²) in [6.45, 7) is 1.40. The second-order valence-corrected chi connectivity index (χ2v) is 10.2. The van der Waals surface area contributed by atoms with E-state index in [1.807, 2.05) is 17.0 Å². The summed E-state index contributed by atoms with van der Waals surface area (Å²) in [5.74, 6) is 0.575. The summed E-state index contributed by atoms with van der Waals surface area (Å²) in [7, 11) is -2.02. The molecule has 2 aliphatic rings. The highest BCUT2D eigenvalue weighted by atomic mass is 79.9. The molecule has 8 heteroatoms. The molecule has 0 aliphatic carbocycles. The van der Waals surface area contributed by atoms with E-state index in [1.165, 1.54) is 9.87 Å². The van der Waals surface area contributed by atoms with E-state index < -0.39 is 10.0 Å². The number of benzene rings is 2. The van der Waals surface area contributed by atoms with Crippen molar-refractivity contribution < 1.29 is 17.9 Å². The number of hydrogen-bond acceptors (Lipinski definition) is 4. The van der Waals surface area contributed by atoms with E-state index in [2.05, 4.69) is 22.0 Å². The molecular formula is C21H23BrN2O4S. The van der Waals surface area contributed by atoms with Gasteiger partial charge in [-0.1, -0.05) is 15.9 Å². The Morgan fingerprint density at radius 1 is 1.07 bits per heavy atom. The number of fused-ring (bicyclic) bond motifs is 1. The van der Waals surface area contributed by atoms with Crippen LogP contribution in [0.4, 0.5) is 5.69 Å². The minimum atomic E-state index is -3.56. The lowest BCUT2D eigenvalue weighted by atomic mass is 9.96. The van der Waals surface area contributed by atoms with Crippen LogP contribution in [0.3, 0.4) is 0 Å². The van der Waals surface area contributed by atoms with E-state index in [-0.39, 0.29) is 16.7 Å². The van der Waals surface area contributed by atoms with Crippen molar-refractivity contribution in [3.8, 4) is 5.75 Å². The second kappa shape index (κ2) is 8.08. The number of rotatable bonds is 4. The molecule has 0 aromatic heterocycles. The van der Waals surface area contributed by atoms with Gasteiger partial charge in [0.25, 0.3) is 0 Å². The molecule has 6 nitrogen and oxygen atoms in total. The fourth-order valence-corrected chi connectivity index (χ4v) is 5.94. The Kier molecular flexibility index (Phi) is 5.68. The predicted molar refractivity (Wildman–Crippen MR) is 115 cm³/mol. The summed E-state index contributed by atoms with van der Waals surface area (Å²) in [5.41, 5.74) is 2.15. The van der Waals surface area contributed by atoms with E-state index in [0.29, 0.717) is 38.2 Å². The Morgan fingerprint density at radius 2 is 1.76 bits per heavy atom. The molecular weight excluding hydrogens is 456 g/mol. The Balaban J connectivity index is 1.42. The van der Waals surface area contributed by atoms with Gasteiger partial charge in [0.1, 0.15) is 5.75 Å². The fraction of sp³-hybridized carbons (Fsp3) is 0.381. The zero-order valence-electron chi connectivity index (χ0n) is 16.2. The monoisotopic (exact) mass is 478 g/mol. The van der Waals surface area contributed by atoms with Gasteiger partial charge in [-0.05, 0) is 67.3 Å². The van der Waals surface area contributed by atoms with Crippen molar-refractivity contribution in [1.29, 1.82) is 0 Å². The first kappa shape index (κ1) is 20.4. The molecule has 1 saturated heterocycles. The van der Waals surface area contributed by atoms with Crippen LogP contribution in [0, 0.1) is 5.92 Å². The van der Waals surface area contributed by atoms with Crippen molar-refractivity contribution in [3.05, 3.63) is 52.5 Å². The summed E-state index contributed by atoms with van der Waals surface area (Å²) in [5, 5.41) is 0. The molecule has 0 bridgehead atoms. The van der Waals surface area contributed by atoms with Gasteiger partial charge in [0.05, 0.1) is 12.0 Å². The number of methoxy groups -OCH3 is 1. The van der Waals surface area contributed by atoms with Gasteiger partial charge < -0.3 is 9.64 Å². The van der Waals surface area contributed by atoms with Crippen molar-refractivity contribution in [2.45, 2.75) is 24.2 Å². The topological polar surface area (TPSA) is 66.9 Å². The largest absolute Gasteiger partial charge is 0.497 e. The molecule has 2 aromatic carbocycles. The Labute approximate surface area is 179 Å². The van der Waals surface area contributed by atoms with Gasteiger partial charge >= 0.3 is 0 Å². The minimum Gasteiger partial charge on any atom is -0.497 e. The molecule has 29 heavy (non-hydrogen) atoms. The van der Waals surface area contributed by atoms with Crippen LogP contribution in [-0.4, -0.2) is 45.4 Å². The lowest BCUT2D eigenvalue weighted by Gasteiger charge is -2.32. The van der Waals surface area contributed by atoms with Crippen LogP contribution in [0.2, 0.25) is 0 Å². The summed E-state index contributed by atoms with van der Waals surface area (Å²) >= 11 is 3.48. The molecule has 2 heterocycles. The van der Waals surface area contributed by atoms with Crippen molar-refractivity contribution in [3.63, 3.8) is 0 Å². The predicted octanol–water partition coefficient (Wildman–Crippen LogP) is 3.45. The molecule has 0 N–H and O–H groups in total. The number of amides is 1. The first-order valence-corrected chi connectivity index (χ1v) is 11.9. The van der Waals surface area contributed by atoms with Gasteiger partial charge in [0.2, 0.25) is 15.9 Å². The van der Waals surface area contributed by atoms with Crippen molar-refractivity contribution in [2.75, 3.05) is 31.6 Å². The number of nitrogens with zero attached hydrogens (tertiary/aromatic N) is 2. The van der Waals surface area contributed by atoms with Crippen LogP contribution in [0.25, 0.3) is 0 Å². The molecule has 0 spiro atoms. The quantitative estimate of drug-likeness (QED) is 0.674. The van der Waals surface area contributed by atoms with Gasteiger partial charge in [-0.25, -0.2) is 8.42 Å². The molecule has 0 atom stereocenters. The number of ether oxygens (including phenoxy) is 1. The third-order valence-electron chi connectivity index (χ3n) is 5.70. The first-order valence-electron chi connectivity index (χ1n) is 9.64. The highest BCUT2D eigenvalue weighted by Gasteiger charge is 2.35. The third kappa shape index (κ3) is 3.93. The number of piperidine rings is 1. The number of halogens is 1. The van der Waals surface area contributed by atoms with Gasteiger partial charge in [-0.3, -0.25) is 4.79 Å². The number of anilines is 1. The molecule has 1 amide bonds. The van der Waals surface area contributed by atoms with Crippen LogP contribution in [0.1, 0.15) is 18.4 Å². The van der Waals surface area contributed by atoms with Crippen LogP contribution < -0.4 is 9.64 Å². The molecule has 2 aliphatic heterocycles. The van der Waals surface area contributed by atoms with Gasteiger partial charge in [0.15, 0.2) is 0 Å². The zero-order chi connectivity index (χ0) is 20.6. The lowest BCUT2D eigenvalue weighted by molar-refractivity contribution is -0.123. The molecule has 1 fully saturated rings. The normalized spacial score (nSPS) is 17.9. The van der Waals surface area contributed by atoms with Crippen molar-refractivity contribution in [1.82, 2.24) is 4.31 Å². The van der Waals surface area contributed by atoms with Gasteiger partial charge in [0, 0.05) is 35.7 Å². The summed E-state index contributed by atoms with van der Waals surface area (Å²) in [6, 6.07) is 12.4. The standard InChI is InChI=1S/C21H23BrN2O4S/c1-28-18-3-5-19(6-4-18)29(26,27)23-11-8-15(9-12-23)21(25)24-13-10-16-14-17(22)2-7-20(16)24/h2-7,14-15H,8-13H2,1H3. The maximum atomic E-state index is 13.1. The van der Waals surface area contributed by atoms with E-state index in [0.717, 1.165) is 16.6 Å². The summed E-state index contributed by atoms with van der Waals surface area (Å²) in [4.78, 5) is 15.2. The van der Waals surface area contributed by atoms with E-state index in [1.54, 1.807) is 31.4 Å². The number of hydrogen-bond donors (Lipinski definition) is 0. The van der Waals surface area contributed by atoms with E-state index >= 15 is 0 Å². The fourth-order valence-electron chi connectivity index (χ4n) is 4.06. The maximum Gasteiger partial charge on any atom is 0.243 e. The van der Waals surface area contributed by atoms with Gasteiger partial charge in [-0.15, -0.1) is 0 Å². The smallest absolute Gasteiger partial charge is 0.243 e. The van der Waals surface area contributed by atoms with Crippen molar-refractivity contribution >= 4 is 37.5 Å². The SMILES string of the molecule is COc1ccc(S(=O)(=O)N2CCC(C(=O)N3CCc4cc(Br)ccc43)CC2)cc1. The molecule has 2 aromatic rings. The highest BCUT2D eigenvalue weighted by molar-refractivity contribution is 9.10. The van der Waals surface area contributed by atoms with Crippen LogP contribution in [-0.2, 0) is 21.2 Å². The average Bonchev–Trinajstić information content (AvgIpc) is 3.16. The number of carbonyl (C=O) groups is 1.